The maximum absolute atomic E-state index is 9.04. The third kappa shape index (κ3) is 2.27. The van der Waals surface area contributed by atoms with Crippen LogP contribution >= 0.6 is 15.9 Å². The largest absolute Gasteiger partial charge is 0.391 e. The molecule has 1 N–H and O–H groups in total. The Morgan fingerprint density at radius 2 is 2.07 bits per heavy atom. The first-order valence-corrected chi connectivity index (χ1v) is 5.37. The molecule has 2 aromatic rings. The zero-order valence-electron chi connectivity index (χ0n) is 7.98. The van der Waals surface area contributed by atoms with Crippen LogP contribution in [0.2, 0.25) is 0 Å². The zero-order valence-corrected chi connectivity index (χ0v) is 9.57. The molecule has 0 saturated carbocycles. The van der Waals surface area contributed by atoms with Crippen molar-refractivity contribution in [2.24, 2.45) is 0 Å². The van der Waals surface area contributed by atoms with Gasteiger partial charge in [0.05, 0.1) is 12.8 Å². The van der Waals surface area contributed by atoms with Gasteiger partial charge in [0.1, 0.15) is 5.76 Å². The molecule has 0 unspecified atom stereocenters. The summed E-state index contributed by atoms with van der Waals surface area (Å²) in [5.74, 6) is 0.712. The molecule has 15 heavy (non-hydrogen) atoms. The Hall–Kier alpha value is -1.13. The molecule has 1 aromatic carbocycles. The maximum Gasteiger partial charge on any atom is 0.146 e. The van der Waals surface area contributed by atoms with Crippen LogP contribution in [0.15, 0.2) is 39.5 Å². The maximum atomic E-state index is 9.04. The summed E-state index contributed by atoms with van der Waals surface area (Å²) in [6, 6.07) is 7.91. The predicted molar refractivity (Wildman–Crippen MR) is 59.4 cm³/mol. The van der Waals surface area contributed by atoms with Crippen LogP contribution in [0.4, 0.5) is 0 Å². The van der Waals surface area contributed by atoms with Crippen molar-refractivity contribution in [1.29, 1.82) is 0 Å². The lowest BCUT2D eigenvalue weighted by molar-refractivity contribution is 0.277. The van der Waals surface area contributed by atoms with E-state index in [0.29, 0.717) is 12.2 Å². The minimum atomic E-state index is -0.0384. The molecule has 0 spiro atoms. The summed E-state index contributed by atoms with van der Waals surface area (Å²) < 4.78 is 6.12. The van der Waals surface area contributed by atoms with Crippen LogP contribution in [0.5, 0.6) is 0 Å². The Labute approximate surface area is 95.8 Å². The molecular weight excluding hydrogens is 258 g/mol. The summed E-state index contributed by atoms with van der Waals surface area (Å²) in [6.07, 6.45) is 2.18. The first-order chi connectivity index (χ1) is 7.31. The number of benzene rings is 1. The van der Waals surface area contributed by atoms with Gasteiger partial charge in [-0.1, -0.05) is 39.3 Å². The number of hydrogen-bond acceptors (Lipinski definition) is 3. The van der Waals surface area contributed by atoms with Crippen molar-refractivity contribution in [3.8, 4) is 0 Å². The molecule has 1 aromatic heterocycles. The lowest BCUT2D eigenvalue weighted by atomic mass is 10.1. The number of nitrogens with zero attached hydrogens (tertiary/aromatic N) is 1. The summed E-state index contributed by atoms with van der Waals surface area (Å²) in [5.41, 5.74) is 1.86. The molecule has 0 atom stereocenters. The van der Waals surface area contributed by atoms with Crippen LogP contribution in [0.3, 0.4) is 0 Å². The van der Waals surface area contributed by atoms with Gasteiger partial charge in [-0.3, -0.25) is 0 Å². The highest BCUT2D eigenvalue weighted by atomic mass is 79.9. The summed E-state index contributed by atoms with van der Waals surface area (Å²) in [7, 11) is 0. The third-order valence-corrected chi connectivity index (χ3v) is 2.98. The number of hydrogen-bond donors (Lipinski definition) is 1. The summed E-state index contributed by atoms with van der Waals surface area (Å²) in [4.78, 5) is 0. The third-order valence-electron chi connectivity index (χ3n) is 2.21. The van der Waals surface area contributed by atoms with E-state index in [1.807, 2.05) is 24.3 Å². The van der Waals surface area contributed by atoms with Crippen molar-refractivity contribution in [1.82, 2.24) is 5.16 Å². The second-order valence-corrected chi connectivity index (χ2v) is 4.05. The number of aliphatic hydroxyl groups excluding tert-OH is 1. The topological polar surface area (TPSA) is 46.3 Å². The van der Waals surface area contributed by atoms with E-state index in [9.17, 15) is 0 Å². The van der Waals surface area contributed by atoms with Crippen LogP contribution in [0.25, 0.3) is 0 Å². The molecule has 4 heteroatoms. The van der Waals surface area contributed by atoms with E-state index in [0.717, 1.165) is 15.6 Å². The molecule has 0 amide bonds. The molecule has 0 saturated heterocycles. The molecule has 0 fully saturated rings. The number of rotatable bonds is 3. The van der Waals surface area contributed by atoms with E-state index in [1.165, 1.54) is 0 Å². The van der Waals surface area contributed by atoms with Gasteiger partial charge >= 0.3 is 0 Å². The molecule has 78 valence electrons. The first kappa shape index (κ1) is 10.4. The van der Waals surface area contributed by atoms with Gasteiger partial charge in [-0.05, 0) is 11.6 Å². The summed E-state index contributed by atoms with van der Waals surface area (Å²) in [5, 5.41) is 12.7. The minimum absolute atomic E-state index is 0.0384. The Balaban J connectivity index is 2.26. The minimum Gasteiger partial charge on any atom is -0.391 e. The lowest BCUT2D eigenvalue weighted by Crippen LogP contribution is -1.92. The molecule has 0 radical (unpaired) electrons. The molecule has 0 aliphatic heterocycles. The molecule has 0 aliphatic rings. The van der Waals surface area contributed by atoms with Crippen molar-refractivity contribution in [3.05, 3.63) is 51.8 Å². The zero-order chi connectivity index (χ0) is 10.7. The van der Waals surface area contributed by atoms with Gasteiger partial charge in [0.25, 0.3) is 0 Å². The van der Waals surface area contributed by atoms with Gasteiger partial charge in [0, 0.05) is 16.5 Å². The fraction of sp³-hybridized carbons (Fsp3) is 0.182. The predicted octanol–water partition coefficient (Wildman–Crippen LogP) is 2.52. The number of aliphatic hydroxyl groups is 1. The Morgan fingerprint density at radius 1 is 1.27 bits per heavy atom. The van der Waals surface area contributed by atoms with Crippen LogP contribution in [-0.2, 0) is 13.0 Å². The van der Waals surface area contributed by atoms with E-state index in [-0.39, 0.29) is 6.61 Å². The average Bonchev–Trinajstić information content (AvgIpc) is 2.69. The first-order valence-electron chi connectivity index (χ1n) is 4.58. The van der Waals surface area contributed by atoms with Crippen molar-refractivity contribution in [2.45, 2.75) is 13.0 Å². The fourth-order valence-electron chi connectivity index (χ4n) is 1.37. The Kier molecular flexibility index (Phi) is 3.18. The van der Waals surface area contributed by atoms with Crippen molar-refractivity contribution < 1.29 is 9.63 Å². The normalized spacial score (nSPS) is 10.5. The summed E-state index contributed by atoms with van der Waals surface area (Å²) in [6.45, 7) is -0.0384. The van der Waals surface area contributed by atoms with E-state index in [2.05, 4.69) is 21.1 Å². The van der Waals surface area contributed by atoms with E-state index < -0.39 is 0 Å². The average molecular weight is 268 g/mol. The smallest absolute Gasteiger partial charge is 0.146 e. The van der Waals surface area contributed by atoms with Gasteiger partial charge in [-0.15, -0.1) is 0 Å². The van der Waals surface area contributed by atoms with E-state index >= 15 is 0 Å². The molecule has 1 heterocycles. The molecule has 2 rings (SSSR count). The van der Waals surface area contributed by atoms with Gasteiger partial charge in [-0.25, -0.2) is 0 Å². The number of halogens is 1. The number of aromatic nitrogens is 1. The van der Waals surface area contributed by atoms with Gasteiger partial charge in [0.2, 0.25) is 0 Å². The molecular formula is C11H10BrNO2. The van der Waals surface area contributed by atoms with E-state index in [4.69, 9.17) is 9.63 Å². The lowest BCUT2D eigenvalue weighted by Gasteiger charge is -2.02. The highest BCUT2D eigenvalue weighted by molar-refractivity contribution is 9.10. The van der Waals surface area contributed by atoms with Crippen molar-refractivity contribution >= 4 is 15.9 Å². The quantitative estimate of drug-likeness (QED) is 0.930. The Bertz CT molecular complexity index is 453. The van der Waals surface area contributed by atoms with Crippen molar-refractivity contribution in [2.75, 3.05) is 0 Å². The van der Waals surface area contributed by atoms with Gasteiger partial charge in [-0.2, -0.15) is 0 Å². The van der Waals surface area contributed by atoms with Crippen LogP contribution in [0, 0.1) is 0 Å². The SMILES string of the molecule is OCc1cnoc1Cc1ccccc1Br. The fourth-order valence-corrected chi connectivity index (χ4v) is 1.80. The molecule has 0 aliphatic carbocycles. The summed E-state index contributed by atoms with van der Waals surface area (Å²) >= 11 is 3.46. The van der Waals surface area contributed by atoms with Crippen LogP contribution in [-0.4, -0.2) is 10.3 Å². The van der Waals surface area contributed by atoms with Crippen LogP contribution in [0.1, 0.15) is 16.9 Å². The van der Waals surface area contributed by atoms with E-state index in [1.54, 1.807) is 6.20 Å². The second kappa shape index (κ2) is 4.59. The van der Waals surface area contributed by atoms with Crippen molar-refractivity contribution in [3.63, 3.8) is 0 Å². The van der Waals surface area contributed by atoms with Gasteiger partial charge in [0.15, 0.2) is 0 Å². The Morgan fingerprint density at radius 3 is 2.80 bits per heavy atom. The monoisotopic (exact) mass is 267 g/mol. The van der Waals surface area contributed by atoms with Gasteiger partial charge < -0.3 is 9.63 Å². The molecule has 0 bridgehead atoms. The molecule has 3 nitrogen and oxygen atoms in total. The standard InChI is InChI=1S/C11H10BrNO2/c12-10-4-2-1-3-8(10)5-11-9(7-14)6-13-15-11/h1-4,6,14H,5,7H2. The van der Waals surface area contributed by atoms with Crippen LogP contribution < -0.4 is 0 Å². The second-order valence-electron chi connectivity index (χ2n) is 3.20. The highest BCUT2D eigenvalue weighted by Gasteiger charge is 2.09. The highest BCUT2D eigenvalue weighted by Crippen LogP contribution is 2.21.